The quantitative estimate of drug-likeness (QED) is 0.301. The molecule has 0 aliphatic heterocycles. The van der Waals surface area contributed by atoms with Crippen molar-refractivity contribution in [1.82, 2.24) is 10.2 Å². The fourth-order valence-electron chi connectivity index (χ4n) is 3.54. The fourth-order valence-corrected chi connectivity index (χ4v) is 3.89. The van der Waals surface area contributed by atoms with Crippen LogP contribution in [0.3, 0.4) is 0 Å². The summed E-state index contributed by atoms with van der Waals surface area (Å²) < 4.78 is 21.9. The van der Waals surface area contributed by atoms with Gasteiger partial charge in [-0.1, -0.05) is 19.9 Å². The maximum absolute atomic E-state index is 11.6. The van der Waals surface area contributed by atoms with Crippen molar-refractivity contribution >= 4 is 13.5 Å². The molecule has 0 aliphatic rings. The Bertz CT molecular complexity index is 1200. The molecule has 0 atom stereocenters. The maximum atomic E-state index is 11.6. The molecule has 0 saturated carbocycles. The van der Waals surface area contributed by atoms with Crippen LogP contribution < -0.4 is 14.2 Å². The molecular formula is C22H28N3O7P. The Kier molecular flexibility index (Phi) is 6.92. The van der Waals surface area contributed by atoms with E-state index in [0.29, 0.717) is 29.0 Å². The number of hydrogen-bond donors (Lipinski definition) is 5. The fraction of sp³-hybridized carbons (Fsp3) is 0.318. The first kappa shape index (κ1) is 24.4. The predicted molar refractivity (Wildman–Crippen MR) is 125 cm³/mol. The molecule has 1 aromatic heterocycles. The number of nitrogens with zero attached hydrogens (tertiary/aromatic N) is 2. The number of hydrogen-bond acceptors (Lipinski definition) is 7. The van der Waals surface area contributed by atoms with Gasteiger partial charge in [-0.25, -0.2) is 4.57 Å². The minimum absolute atomic E-state index is 0.0488. The molecule has 0 spiro atoms. The lowest BCUT2D eigenvalue weighted by Gasteiger charge is -2.21. The lowest BCUT2D eigenvalue weighted by molar-refractivity contribution is 0.279. The maximum Gasteiger partial charge on any atom is 0.526 e. The van der Waals surface area contributed by atoms with Crippen LogP contribution in [-0.4, -0.2) is 50.9 Å². The van der Waals surface area contributed by atoms with Crippen LogP contribution in [0, 0.1) is 0 Å². The Morgan fingerprint density at radius 1 is 1.15 bits per heavy atom. The van der Waals surface area contributed by atoms with Crippen LogP contribution >= 0.6 is 7.82 Å². The van der Waals surface area contributed by atoms with Gasteiger partial charge in [-0.3, -0.25) is 14.9 Å². The second kappa shape index (κ2) is 9.35. The number of anilines is 1. The van der Waals surface area contributed by atoms with Crippen molar-refractivity contribution in [3.8, 4) is 45.5 Å². The molecular weight excluding hydrogens is 449 g/mol. The number of rotatable bonds is 8. The molecule has 11 heteroatoms. The van der Waals surface area contributed by atoms with Crippen LogP contribution in [0.5, 0.6) is 23.1 Å². The molecule has 178 valence electrons. The third-order valence-electron chi connectivity index (χ3n) is 5.33. The Balaban J connectivity index is 2.31. The van der Waals surface area contributed by atoms with E-state index < -0.39 is 7.82 Å². The minimum atomic E-state index is -4.93. The Morgan fingerprint density at radius 3 is 2.42 bits per heavy atom. The van der Waals surface area contributed by atoms with Crippen molar-refractivity contribution in [3.63, 3.8) is 0 Å². The summed E-state index contributed by atoms with van der Waals surface area (Å²) in [6.45, 7) is 6.44. The number of phenolic OH excluding ortho intramolecular Hbond substituents is 2. The molecule has 0 aliphatic carbocycles. The highest BCUT2D eigenvalue weighted by atomic mass is 31.2. The first-order chi connectivity index (χ1) is 15.5. The molecule has 3 rings (SSSR count). The highest BCUT2D eigenvalue weighted by Gasteiger charge is 2.27. The first-order valence-electron chi connectivity index (χ1n) is 10.3. The van der Waals surface area contributed by atoms with Crippen molar-refractivity contribution in [2.24, 2.45) is 0 Å². The zero-order chi connectivity index (χ0) is 24.5. The minimum Gasteiger partial charge on any atom is -0.508 e. The molecule has 0 fully saturated rings. The average Bonchev–Trinajstić information content (AvgIpc) is 3.13. The molecule has 10 nitrogen and oxygen atoms in total. The summed E-state index contributed by atoms with van der Waals surface area (Å²) in [6, 6.07) is 8.04. The second-order valence-electron chi connectivity index (χ2n) is 7.84. The Morgan fingerprint density at radius 2 is 1.85 bits per heavy atom. The van der Waals surface area contributed by atoms with E-state index >= 15 is 0 Å². The molecule has 3 aromatic rings. The van der Waals surface area contributed by atoms with Gasteiger partial charge in [-0.15, -0.1) is 5.10 Å². The van der Waals surface area contributed by atoms with E-state index in [0.717, 1.165) is 5.69 Å². The number of phosphoric acid groups is 1. The SMILES string of the molecule is CCN(C)c1cc(-c2c(OP(=O)(O)O)n[nH]c2-c2cc(C(C)C)c(O)cc2O)ccc1OC. The summed E-state index contributed by atoms with van der Waals surface area (Å²) in [5.74, 6) is -0.0565. The third kappa shape index (κ3) is 5.08. The lowest BCUT2D eigenvalue weighted by Crippen LogP contribution is -2.16. The average molecular weight is 477 g/mol. The summed E-state index contributed by atoms with van der Waals surface area (Å²) >= 11 is 0. The van der Waals surface area contributed by atoms with Crippen molar-refractivity contribution in [2.75, 3.05) is 25.6 Å². The van der Waals surface area contributed by atoms with Gasteiger partial charge in [0, 0.05) is 25.2 Å². The van der Waals surface area contributed by atoms with Crippen LogP contribution in [0.25, 0.3) is 22.4 Å². The number of aromatic hydroxyl groups is 2. The summed E-state index contributed by atoms with van der Waals surface area (Å²) in [5, 5.41) is 27.5. The van der Waals surface area contributed by atoms with Crippen molar-refractivity contribution in [1.29, 1.82) is 0 Å². The molecule has 1 heterocycles. The van der Waals surface area contributed by atoms with Gasteiger partial charge >= 0.3 is 7.82 Å². The molecule has 0 amide bonds. The van der Waals surface area contributed by atoms with Crippen LogP contribution in [0.2, 0.25) is 0 Å². The van der Waals surface area contributed by atoms with Gasteiger partial charge < -0.3 is 24.4 Å². The third-order valence-corrected chi connectivity index (χ3v) is 5.74. The van der Waals surface area contributed by atoms with Crippen LogP contribution in [0.4, 0.5) is 5.69 Å². The number of aromatic amines is 1. The van der Waals surface area contributed by atoms with E-state index in [9.17, 15) is 24.6 Å². The van der Waals surface area contributed by atoms with Crippen molar-refractivity contribution < 1.29 is 33.8 Å². The summed E-state index contributed by atoms with van der Waals surface area (Å²) in [7, 11) is -1.50. The highest BCUT2D eigenvalue weighted by Crippen LogP contribution is 2.48. The highest BCUT2D eigenvalue weighted by molar-refractivity contribution is 7.46. The van der Waals surface area contributed by atoms with Crippen LogP contribution in [0.15, 0.2) is 30.3 Å². The Hall–Kier alpha value is -3.20. The number of methoxy groups -OCH3 is 1. The van der Waals surface area contributed by atoms with E-state index in [4.69, 9.17) is 9.26 Å². The van der Waals surface area contributed by atoms with Crippen LogP contribution in [0.1, 0.15) is 32.3 Å². The van der Waals surface area contributed by atoms with Crippen LogP contribution in [-0.2, 0) is 4.57 Å². The summed E-state index contributed by atoms with van der Waals surface area (Å²) in [6.07, 6.45) is 0. The van der Waals surface area contributed by atoms with Gasteiger partial charge in [0.25, 0.3) is 5.88 Å². The molecule has 2 aromatic carbocycles. The van der Waals surface area contributed by atoms with Gasteiger partial charge in [-0.05, 0) is 42.2 Å². The molecule has 0 bridgehead atoms. The van der Waals surface area contributed by atoms with E-state index in [1.54, 1.807) is 31.4 Å². The molecule has 0 radical (unpaired) electrons. The summed E-state index contributed by atoms with van der Waals surface area (Å²) in [5.41, 5.74) is 2.65. The van der Waals surface area contributed by atoms with E-state index in [2.05, 4.69) is 10.2 Å². The van der Waals surface area contributed by atoms with Crippen molar-refractivity contribution in [2.45, 2.75) is 26.7 Å². The van der Waals surface area contributed by atoms with E-state index in [1.807, 2.05) is 32.7 Å². The Labute approximate surface area is 191 Å². The van der Waals surface area contributed by atoms with Gasteiger partial charge in [0.15, 0.2) is 0 Å². The predicted octanol–water partition coefficient (Wildman–Crippen LogP) is 4.21. The van der Waals surface area contributed by atoms with Gasteiger partial charge in [0.1, 0.15) is 17.2 Å². The first-order valence-corrected chi connectivity index (χ1v) is 11.8. The lowest BCUT2D eigenvalue weighted by atomic mass is 9.94. The number of H-pyrrole nitrogens is 1. The van der Waals surface area contributed by atoms with Gasteiger partial charge in [0.05, 0.1) is 24.1 Å². The second-order valence-corrected chi connectivity index (χ2v) is 9.01. The standard InChI is InChI=1S/C22H28N3O7P/c1-6-25(4)16-9-13(7-8-19(16)31-5)20-21(23-24-22(20)32-33(28,29)30)15-10-14(12(2)3)17(26)11-18(15)27/h7-12,26-27H,6H2,1-5H3,(H,23,24)(H2,28,29,30). The summed E-state index contributed by atoms with van der Waals surface area (Å²) in [4.78, 5) is 20.8. The normalized spacial score (nSPS) is 11.6. The number of benzene rings is 2. The number of phosphoric ester groups is 1. The van der Waals surface area contributed by atoms with Crippen molar-refractivity contribution in [3.05, 3.63) is 35.9 Å². The van der Waals surface area contributed by atoms with E-state index in [-0.39, 0.29) is 34.6 Å². The molecule has 5 N–H and O–H groups in total. The zero-order valence-corrected chi connectivity index (χ0v) is 19.9. The largest absolute Gasteiger partial charge is 0.526 e. The molecule has 0 unspecified atom stereocenters. The topological polar surface area (TPSA) is 148 Å². The van der Waals surface area contributed by atoms with Gasteiger partial charge in [0.2, 0.25) is 0 Å². The number of nitrogens with one attached hydrogen (secondary N) is 1. The molecule has 0 saturated heterocycles. The number of ether oxygens (including phenoxy) is 1. The monoisotopic (exact) mass is 477 g/mol. The van der Waals surface area contributed by atoms with Gasteiger partial charge in [-0.2, -0.15) is 0 Å². The number of phenols is 2. The van der Waals surface area contributed by atoms with E-state index in [1.165, 1.54) is 6.07 Å². The smallest absolute Gasteiger partial charge is 0.508 e. The number of aromatic nitrogens is 2. The molecule has 33 heavy (non-hydrogen) atoms. The zero-order valence-electron chi connectivity index (χ0n) is 19.0.